The van der Waals surface area contributed by atoms with Crippen molar-refractivity contribution in [1.82, 2.24) is 0 Å². The number of carboxylic acids is 1. The maximum absolute atomic E-state index is 10.5. The Hall–Kier alpha value is -2.01. The average molecular weight is 292 g/mol. The zero-order chi connectivity index (χ0) is 15.1. The molecule has 0 amide bonds. The molecule has 0 radical (unpaired) electrons. The molecule has 1 aromatic rings. The standard InChI is InChI=1S/C16H20O5/c1-19-15-10-12(3-5-16(17)18)2-4-14(15)21-11-13-6-8-20-9-7-13/h2-5,10,13H,6-9,11H2,1H3,(H,17,18). The summed E-state index contributed by atoms with van der Waals surface area (Å²) in [5, 5.41) is 8.63. The highest BCUT2D eigenvalue weighted by Gasteiger charge is 2.15. The number of rotatable bonds is 6. The largest absolute Gasteiger partial charge is 0.493 e. The number of methoxy groups -OCH3 is 1. The molecule has 0 aliphatic carbocycles. The third-order valence-electron chi connectivity index (χ3n) is 3.42. The van der Waals surface area contributed by atoms with Gasteiger partial charge in [0, 0.05) is 19.3 Å². The van der Waals surface area contributed by atoms with Crippen molar-refractivity contribution in [2.75, 3.05) is 26.9 Å². The van der Waals surface area contributed by atoms with E-state index in [1.807, 2.05) is 0 Å². The van der Waals surface area contributed by atoms with E-state index in [2.05, 4.69) is 0 Å². The Morgan fingerprint density at radius 3 is 2.81 bits per heavy atom. The van der Waals surface area contributed by atoms with Crippen LogP contribution in [0.1, 0.15) is 18.4 Å². The fraction of sp³-hybridized carbons (Fsp3) is 0.438. The van der Waals surface area contributed by atoms with Gasteiger partial charge in [0.1, 0.15) is 0 Å². The lowest BCUT2D eigenvalue weighted by atomic mass is 10.0. The Bertz CT molecular complexity index is 503. The molecule has 0 atom stereocenters. The maximum atomic E-state index is 10.5. The second kappa shape index (κ2) is 7.69. The van der Waals surface area contributed by atoms with Crippen molar-refractivity contribution in [2.45, 2.75) is 12.8 Å². The van der Waals surface area contributed by atoms with E-state index in [9.17, 15) is 4.79 Å². The second-order valence-corrected chi connectivity index (χ2v) is 4.95. The summed E-state index contributed by atoms with van der Waals surface area (Å²) >= 11 is 0. The molecule has 0 bridgehead atoms. The van der Waals surface area contributed by atoms with Gasteiger partial charge in [0.05, 0.1) is 13.7 Å². The van der Waals surface area contributed by atoms with E-state index >= 15 is 0 Å². The lowest BCUT2D eigenvalue weighted by molar-refractivity contribution is -0.131. The predicted molar refractivity (Wildman–Crippen MR) is 78.7 cm³/mol. The molecule has 5 nitrogen and oxygen atoms in total. The zero-order valence-corrected chi connectivity index (χ0v) is 12.1. The minimum Gasteiger partial charge on any atom is -0.493 e. The van der Waals surface area contributed by atoms with E-state index in [1.165, 1.54) is 6.08 Å². The predicted octanol–water partition coefficient (Wildman–Crippen LogP) is 2.60. The van der Waals surface area contributed by atoms with E-state index in [4.69, 9.17) is 19.3 Å². The van der Waals surface area contributed by atoms with Gasteiger partial charge in [-0.3, -0.25) is 0 Å². The van der Waals surface area contributed by atoms with E-state index in [0.717, 1.165) is 37.7 Å². The highest BCUT2D eigenvalue weighted by molar-refractivity contribution is 5.85. The first-order valence-corrected chi connectivity index (χ1v) is 6.98. The van der Waals surface area contributed by atoms with Gasteiger partial charge >= 0.3 is 5.97 Å². The van der Waals surface area contributed by atoms with Crippen LogP contribution in [0.15, 0.2) is 24.3 Å². The molecular weight excluding hydrogens is 272 g/mol. The number of aliphatic carboxylic acids is 1. The van der Waals surface area contributed by atoms with Gasteiger partial charge in [-0.25, -0.2) is 4.79 Å². The third kappa shape index (κ3) is 4.79. The molecule has 1 aromatic carbocycles. The molecule has 0 saturated carbocycles. The van der Waals surface area contributed by atoms with Crippen molar-refractivity contribution in [3.05, 3.63) is 29.8 Å². The van der Waals surface area contributed by atoms with Crippen LogP contribution in [-0.2, 0) is 9.53 Å². The second-order valence-electron chi connectivity index (χ2n) is 4.95. The summed E-state index contributed by atoms with van der Waals surface area (Å²) in [6, 6.07) is 5.37. The molecule has 5 heteroatoms. The zero-order valence-electron chi connectivity index (χ0n) is 12.1. The summed E-state index contributed by atoms with van der Waals surface area (Å²) in [6.07, 6.45) is 4.65. The Morgan fingerprint density at radius 2 is 2.14 bits per heavy atom. The first kappa shape index (κ1) is 15.4. The molecule has 1 aliphatic rings. The first-order chi connectivity index (χ1) is 10.2. The van der Waals surface area contributed by atoms with Crippen molar-refractivity contribution in [3.63, 3.8) is 0 Å². The van der Waals surface area contributed by atoms with Crippen molar-refractivity contribution in [1.29, 1.82) is 0 Å². The number of hydrogen-bond acceptors (Lipinski definition) is 4. The van der Waals surface area contributed by atoms with Gasteiger partial charge in [-0.05, 0) is 42.5 Å². The molecule has 0 unspecified atom stereocenters. The van der Waals surface area contributed by atoms with Crippen molar-refractivity contribution >= 4 is 12.0 Å². The molecule has 2 rings (SSSR count). The van der Waals surface area contributed by atoms with Gasteiger partial charge in [0.25, 0.3) is 0 Å². The third-order valence-corrected chi connectivity index (χ3v) is 3.42. The highest BCUT2D eigenvalue weighted by atomic mass is 16.5. The summed E-state index contributed by atoms with van der Waals surface area (Å²) in [7, 11) is 1.57. The SMILES string of the molecule is COc1cc(C=CC(=O)O)ccc1OCC1CCOCC1. The van der Waals surface area contributed by atoms with Crippen LogP contribution < -0.4 is 9.47 Å². The Kier molecular flexibility index (Phi) is 5.63. The van der Waals surface area contributed by atoms with Gasteiger partial charge in [0.2, 0.25) is 0 Å². The molecule has 1 aliphatic heterocycles. The lowest BCUT2D eigenvalue weighted by Crippen LogP contribution is -2.21. The molecule has 1 N–H and O–H groups in total. The van der Waals surface area contributed by atoms with Crippen molar-refractivity contribution in [2.24, 2.45) is 5.92 Å². The molecule has 21 heavy (non-hydrogen) atoms. The summed E-state index contributed by atoms with van der Waals surface area (Å²) in [6.45, 7) is 2.23. The molecule has 114 valence electrons. The smallest absolute Gasteiger partial charge is 0.328 e. The molecule has 1 fully saturated rings. The molecule has 1 saturated heterocycles. The molecular formula is C16H20O5. The van der Waals surface area contributed by atoms with Crippen LogP contribution in [0, 0.1) is 5.92 Å². The summed E-state index contributed by atoms with van der Waals surface area (Å²) in [5.41, 5.74) is 0.757. The van der Waals surface area contributed by atoms with Crippen LogP contribution in [0.2, 0.25) is 0 Å². The summed E-state index contributed by atoms with van der Waals surface area (Å²) in [4.78, 5) is 10.5. The number of ether oxygens (including phenoxy) is 3. The average Bonchev–Trinajstić information content (AvgIpc) is 2.52. The van der Waals surface area contributed by atoms with Crippen LogP contribution in [-0.4, -0.2) is 38.0 Å². The van der Waals surface area contributed by atoms with Crippen LogP contribution in [0.5, 0.6) is 11.5 Å². The van der Waals surface area contributed by atoms with Crippen LogP contribution in [0.3, 0.4) is 0 Å². The normalized spacial score (nSPS) is 16.0. The van der Waals surface area contributed by atoms with E-state index < -0.39 is 5.97 Å². The van der Waals surface area contributed by atoms with Gasteiger partial charge in [-0.2, -0.15) is 0 Å². The fourth-order valence-electron chi connectivity index (χ4n) is 2.20. The monoisotopic (exact) mass is 292 g/mol. The molecule has 0 spiro atoms. The number of carbonyl (C=O) groups is 1. The minimum absolute atomic E-state index is 0.509. The molecule has 1 heterocycles. The van der Waals surface area contributed by atoms with Crippen molar-refractivity contribution in [3.8, 4) is 11.5 Å². The number of carboxylic acid groups (broad SMARTS) is 1. The number of benzene rings is 1. The van der Waals surface area contributed by atoms with Crippen molar-refractivity contribution < 1.29 is 24.1 Å². The summed E-state index contributed by atoms with van der Waals surface area (Å²) < 4.78 is 16.5. The van der Waals surface area contributed by atoms with Crippen LogP contribution >= 0.6 is 0 Å². The van der Waals surface area contributed by atoms with Gasteiger partial charge in [-0.15, -0.1) is 0 Å². The van der Waals surface area contributed by atoms with Gasteiger partial charge in [0.15, 0.2) is 11.5 Å². The first-order valence-electron chi connectivity index (χ1n) is 6.98. The van der Waals surface area contributed by atoms with E-state index in [1.54, 1.807) is 25.3 Å². The van der Waals surface area contributed by atoms with E-state index in [0.29, 0.717) is 24.0 Å². The van der Waals surface area contributed by atoms with Gasteiger partial charge < -0.3 is 19.3 Å². The Morgan fingerprint density at radius 1 is 1.38 bits per heavy atom. The summed E-state index contributed by atoms with van der Waals surface area (Å²) in [5.74, 6) is 0.815. The quantitative estimate of drug-likeness (QED) is 0.816. The minimum atomic E-state index is -0.978. The maximum Gasteiger partial charge on any atom is 0.328 e. The van der Waals surface area contributed by atoms with Crippen LogP contribution in [0.25, 0.3) is 6.08 Å². The fourth-order valence-corrected chi connectivity index (χ4v) is 2.20. The topological polar surface area (TPSA) is 65.0 Å². The van der Waals surface area contributed by atoms with Gasteiger partial charge in [-0.1, -0.05) is 6.07 Å². The number of hydrogen-bond donors (Lipinski definition) is 1. The highest BCUT2D eigenvalue weighted by Crippen LogP contribution is 2.29. The lowest BCUT2D eigenvalue weighted by Gasteiger charge is -2.22. The Balaban J connectivity index is 2.00. The molecule has 0 aromatic heterocycles. The van der Waals surface area contributed by atoms with Crippen LogP contribution in [0.4, 0.5) is 0 Å². The van der Waals surface area contributed by atoms with E-state index in [-0.39, 0.29) is 0 Å². The Labute approximate surface area is 124 Å².